The fraction of sp³-hybridized carbons (Fsp3) is 0. The van der Waals surface area contributed by atoms with Crippen LogP contribution in [-0.4, -0.2) is 15.7 Å². The quantitative estimate of drug-likeness (QED) is 0.447. The van der Waals surface area contributed by atoms with Gasteiger partial charge in [0.25, 0.3) is 5.91 Å². The van der Waals surface area contributed by atoms with Crippen LogP contribution in [0.3, 0.4) is 0 Å². The Kier molecular flexibility index (Phi) is 5.04. The molecule has 1 N–H and O–H groups in total. The van der Waals surface area contributed by atoms with Crippen LogP contribution < -0.4 is 5.32 Å². The van der Waals surface area contributed by atoms with Crippen molar-refractivity contribution in [3.05, 3.63) is 101 Å². The summed E-state index contributed by atoms with van der Waals surface area (Å²) >= 11 is 3.21. The number of nitrogens with one attached hydrogen (secondary N) is 1. The van der Waals surface area contributed by atoms with Crippen molar-refractivity contribution in [2.45, 2.75) is 0 Å². The van der Waals surface area contributed by atoms with E-state index in [0.29, 0.717) is 15.7 Å². The number of halogens is 2. The molecule has 1 aromatic heterocycles. The molecule has 0 aliphatic carbocycles. The molecule has 1 heterocycles. The normalized spacial score (nSPS) is 10.6. The fourth-order valence-electron chi connectivity index (χ4n) is 2.84. The van der Waals surface area contributed by atoms with Crippen molar-refractivity contribution >= 4 is 27.5 Å². The molecule has 1 amide bonds. The van der Waals surface area contributed by atoms with Crippen LogP contribution in [0.2, 0.25) is 0 Å². The van der Waals surface area contributed by atoms with E-state index in [0.717, 1.165) is 11.3 Å². The van der Waals surface area contributed by atoms with Gasteiger partial charge in [0.2, 0.25) is 0 Å². The molecule has 0 bridgehead atoms. The van der Waals surface area contributed by atoms with Gasteiger partial charge in [0, 0.05) is 16.2 Å². The number of rotatable bonds is 4. The zero-order valence-corrected chi connectivity index (χ0v) is 16.2. The number of nitrogens with zero attached hydrogens (tertiary/aromatic N) is 2. The molecular formula is C22H15BrFN3O. The molecule has 0 radical (unpaired) electrons. The van der Waals surface area contributed by atoms with E-state index in [-0.39, 0.29) is 5.69 Å². The molecule has 0 spiro atoms. The summed E-state index contributed by atoms with van der Waals surface area (Å²) in [7, 11) is 0. The number of carbonyl (C=O) groups excluding carboxylic acids is 1. The molecule has 4 aromatic rings. The summed E-state index contributed by atoms with van der Waals surface area (Å²) in [6.45, 7) is 0. The molecule has 6 heteroatoms. The number of amides is 1. The van der Waals surface area contributed by atoms with Gasteiger partial charge in [-0.1, -0.05) is 64.5 Å². The van der Waals surface area contributed by atoms with E-state index in [4.69, 9.17) is 0 Å². The lowest BCUT2D eigenvalue weighted by Crippen LogP contribution is -2.13. The van der Waals surface area contributed by atoms with Crippen molar-refractivity contribution in [3.63, 3.8) is 0 Å². The first kappa shape index (κ1) is 18.1. The van der Waals surface area contributed by atoms with Crippen LogP contribution in [0.5, 0.6) is 0 Å². The molecule has 28 heavy (non-hydrogen) atoms. The van der Waals surface area contributed by atoms with Crippen molar-refractivity contribution in [2.24, 2.45) is 0 Å². The lowest BCUT2D eigenvalue weighted by Gasteiger charge is -2.07. The molecule has 0 saturated carbocycles. The van der Waals surface area contributed by atoms with Crippen LogP contribution in [0.25, 0.3) is 16.9 Å². The zero-order valence-electron chi connectivity index (χ0n) is 14.6. The van der Waals surface area contributed by atoms with Gasteiger partial charge in [-0.2, -0.15) is 5.10 Å². The van der Waals surface area contributed by atoms with Gasteiger partial charge in [0.15, 0.2) is 0 Å². The van der Waals surface area contributed by atoms with E-state index >= 15 is 0 Å². The molecule has 0 aliphatic heterocycles. The van der Waals surface area contributed by atoms with Crippen LogP contribution in [0.15, 0.2) is 89.5 Å². The highest BCUT2D eigenvalue weighted by Crippen LogP contribution is 2.26. The van der Waals surface area contributed by atoms with Crippen molar-refractivity contribution in [3.8, 4) is 16.9 Å². The third-order valence-corrected chi connectivity index (χ3v) is 4.70. The largest absolute Gasteiger partial charge is 0.319 e. The van der Waals surface area contributed by atoms with Crippen LogP contribution in [0.4, 0.5) is 10.1 Å². The Labute approximate surface area is 169 Å². The first-order valence-electron chi connectivity index (χ1n) is 8.59. The lowest BCUT2D eigenvalue weighted by molar-refractivity contribution is 0.102. The average Bonchev–Trinajstić information content (AvgIpc) is 3.17. The minimum Gasteiger partial charge on any atom is -0.319 e. The van der Waals surface area contributed by atoms with Gasteiger partial charge >= 0.3 is 0 Å². The molecule has 3 aromatic carbocycles. The Bertz CT molecular complexity index is 1130. The average molecular weight is 436 g/mol. The summed E-state index contributed by atoms with van der Waals surface area (Å²) in [4.78, 5) is 12.9. The highest BCUT2D eigenvalue weighted by Gasteiger charge is 2.19. The van der Waals surface area contributed by atoms with Crippen LogP contribution in [0.1, 0.15) is 10.4 Å². The summed E-state index contributed by atoms with van der Waals surface area (Å²) in [6, 6.07) is 23.4. The maximum absolute atomic E-state index is 14.2. The zero-order chi connectivity index (χ0) is 19.5. The van der Waals surface area contributed by atoms with Crippen molar-refractivity contribution in [1.29, 1.82) is 0 Å². The number of aromatic nitrogens is 2. The van der Waals surface area contributed by atoms with E-state index in [1.54, 1.807) is 16.9 Å². The molecular weight excluding hydrogens is 421 g/mol. The molecule has 138 valence electrons. The Morgan fingerprint density at radius 3 is 2.32 bits per heavy atom. The fourth-order valence-corrected chi connectivity index (χ4v) is 3.18. The summed E-state index contributed by atoms with van der Waals surface area (Å²) in [5.74, 6) is -0.943. The number of hydrogen-bond donors (Lipinski definition) is 1. The number of carbonyl (C=O) groups is 1. The highest BCUT2D eigenvalue weighted by molar-refractivity contribution is 9.10. The van der Waals surface area contributed by atoms with E-state index in [1.807, 2.05) is 60.7 Å². The maximum Gasteiger partial charge on any atom is 0.259 e. The second-order valence-electron chi connectivity index (χ2n) is 6.12. The topological polar surface area (TPSA) is 46.9 Å². The molecule has 0 saturated heterocycles. The monoisotopic (exact) mass is 435 g/mol. The Morgan fingerprint density at radius 1 is 0.964 bits per heavy atom. The van der Waals surface area contributed by atoms with Crippen molar-refractivity contribution in [1.82, 2.24) is 9.78 Å². The first-order chi connectivity index (χ1) is 13.6. The lowest BCUT2D eigenvalue weighted by atomic mass is 10.1. The SMILES string of the molecule is O=C(Nc1ccc(Br)cc1F)c1cn(-c2ccccc2)nc1-c1ccccc1. The second kappa shape index (κ2) is 7.78. The van der Waals surface area contributed by atoms with Crippen molar-refractivity contribution < 1.29 is 9.18 Å². The summed E-state index contributed by atoms with van der Waals surface area (Å²) in [5.41, 5.74) is 2.63. The Hall–Kier alpha value is -3.25. The van der Waals surface area contributed by atoms with Gasteiger partial charge in [-0.15, -0.1) is 0 Å². The minimum absolute atomic E-state index is 0.111. The predicted molar refractivity (Wildman–Crippen MR) is 111 cm³/mol. The summed E-state index contributed by atoms with van der Waals surface area (Å²) in [6.07, 6.45) is 1.66. The summed E-state index contributed by atoms with van der Waals surface area (Å²) in [5, 5.41) is 7.25. The highest BCUT2D eigenvalue weighted by atomic mass is 79.9. The van der Waals surface area contributed by atoms with E-state index in [2.05, 4.69) is 26.3 Å². The molecule has 0 aliphatic rings. The molecule has 0 unspecified atom stereocenters. The van der Waals surface area contributed by atoms with E-state index in [1.165, 1.54) is 12.1 Å². The van der Waals surface area contributed by atoms with E-state index < -0.39 is 11.7 Å². The van der Waals surface area contributed by atoms with Crippen LogP contribution in [-0.2, 0) is 0 Å². The minimum atomic E-state index is -0.514. The van der Waals surface area contributed by atoms with Crippen molar-refractivity contribution in [2.75, 3.05) is 5.32 Å². The van der Waals surface area contributed by atoms with E-state index in [9.17, 15) is 9.18 Å². The summed E-state index contributed by atoms with van der Waals surface area (Å²) < 4.78 is 16.4. The van der Waals surface area contributed by atoms with Crippen LogP contribution in [0, 0.1) is 5.82 Å². The number of anilines is 1. The molecule has 0 atom stereocenters. The van der Waals surface area contributed by atoms with Gasteiger partial charge in [-0.3, -0.25) is 4.79 Å². The maximum atomic E-state index is 14.2. The third-order valence-electron chi connectivity index (χ3n) is 4.21. The molecule has 4 rings (SSSR count). The van der Waals surface area contributed by atoms with Crippen LogP contribution >= 0.6 is 15.9 Å². The van der Waals surface area contributed by atoms with Gasteiger partial charge < -0.3 is 5.32 Å². The number of hydrogen-bond acceptors (Lipinski definition) is 2. The van der Waals surface area contributed by atoms with Gasteiger partial charge in [-0.25, -0.2) is 9.07 Å². The standard InChI is InChI=1S/C22H15BrFN3O/c23-16-11-12-20(19(24)13-16)25-22(28)18-14-27(17-9-5-2-6-10-17)26-21(18)15-7-3-1-4-8-15/h1-14H,(H,25,28). The number of para-hydroxylation sites is 1. The third kappa shape index (κ3) is 3.73. The van der Waals surface area contributed by atoms with Gasteiger partial charge in [0.1, 0.15) is 11.5 Å². The second-order valence-corrected chi connectivity index (χ2v) is 7.03. The molecule has 0 fully saturated rings. The number of benzene rings is 3. The Balaban J connectivity index is 1.76. The first-order valence-corrected chi connectivity index (χ1v) is 9.38. The predicted octanol–water partition coefficient (Wildman–Crippen LogP) is 5.69. The molecule has 4 nitrogen and oxygen atoms in total. The van der Waals surface area contributed by atoms with Gasteiger partial charge in [-0.05, 0) is 30.3 Å². The smallest absolute Gasteiger partial charge is 0.259 e. The Morgan fingerprint density at radius 2 is 1.64 bits per heavy atom. The van der Waals surface area contributed by atoms with Gasteiger partial charge in [0.05, 0.1) is 16.9 Å².